The number of halogens is 3. The molecule has 176 valence electrons. The van der Waals surface area contributed by atoms with Crippen molar-refractivity contribution >= 4 is 11.7 Å². The van der Waals surface area contributed by atoms with Crippen molar-refractivity contribution in [1.82, 2.24) is 15.1 Å². The molecular weight excluding hydrogens is 451 g/mol. The summed E-state index contributed by atoms with van der Waals surface area (Å²) in [6.45, 7) is -0.875. The smallest absolute Gasteiger partial charge is 0.295 e. The molecule has 4 rings (SSSR count). The van der Waals surface area contributed by atoms with Gasteiger partial charge in [-0.15, -0.1) is 0 Å². The van der Waals surface area contributed by atoms with Gasteiger partial charge in [-0.05, 0) is 23.8 Å². The maximum atomic E-state index is 14.1. The second kappa shape index (κ2) is 9.07. The van der Waals surface area contributed by atoms with Crippen LogP contribution in [0, 0.1) is 17.1 Å². The van der Waals surface area contributed by atoms with E-state index < -0.39 is 30.3 Å². The number of alkyl halides is 2. The Morgan fingerprint density at radius 3 is 2.71 bits per heavy atom. The molecular formula is C23H20F3N5O3. The van der Waals surface area contributed by atoms with Crippen LogP contribution in [0.1, 0.15) is 27.5 Å². The monoisotopic (exact) mass is 471 g/mol. The third kappa shape index (κ3) is 4.27. The number of ether oxygens (including phenoxy) is 2. The maximum Gasteiger partial charge on any atom is 0.295 e. The average Bonchev–Trinajstić information content (AvgIpc) is 3.35. The van der Waals surface area contributed by atoms with E-state index in [4.69, 9.17) is 15.2 Å². The molecule has 2 aromatic carbocycles. The minimum atomic E-state index is -3.16. The summed E-state index contributed by atoms with van der Waals surface area (Å²) >= 11 is 0. The van der Waals surface area contributed by atoms with Crippen molar-refractivity contribution in [2.24, 2.45) is 0 Å². The molecule has 1 aromatic heterocycles. The van der Waals surface area contributed by atoms with E-state index in [9.17, 15) is 23.2 Å². The first-order valence-corrected chi connectivity index (χ1v) is 10.2. The number of nitrogens with one attached hydrogen (secondary N) is 1. The van der Waals surface area contributed by atoms with Crippen molar-refractivity contribution in [3.8, 4) is 23.1 Å². The molecule has 3 N–H and O–H groups in total. The lowest BCUT2D eigenvalue weighted by Crippen LogP contribution is -2.30. The number of nitrogen functional groups attached to an aromatic ring is 1. The van der Waals surface area contributed by atoms with Crippen molar-refractivity contribution in [2.45, 2.75) is 18.5 Å². The van der Waals surface area contributed by atoms with Crippen molar-refractivity contribution in [2.75, 3.05) is 26.1 Å². The van der Waals surface area contributed by atoms with E-state index in [1.54, 1.807) is 24.3 Å². The highest BCUT2D eigenvalue weighted by molar-refractivity contribution is 5.96. The Balaban J connectivity index is 1.52. The third-order valence-electron chi connectivity index (χ3n) is 5.50. The van der Waals surface area contributed by atoms with Gasteiger partial charge in [-0.25, -0.2) is 17.9 Å². The van der Waals surface area contributed by atoms with Gasteiger partial charge in [-0.3, -0.25) is 4.79 Å². The zero-order valence-electron chi connectivity index (χ0n) is 18.0. The molecule has 0 bridgehead atoms. The van der Waals surface area contributed by atoms with Crippen molar-refractivity contribution in [1.29, 1.82) is 5.26 Å². The number of anilines is 1. The summed E-state index contributed by atoms with van der Waals surface area (Å²) in [6.07, 6.45) is 0. The molecule has 3 aromatic rings. The quantitative estimate of drug-likeness (QED) is 0.570. The van der Waals surface area contributed by atoms with Crippen LogP contribution in [0.5, 0.6) is 5.75 Å². The summed E-state index contributed by atoms with van der Waals surface area (Å²) < 4.78 is 52.7. The predicted octanol–water partition coefficient (Wildman–Crippen LogP) is 3.29. The number of nitrogens with two attached hydrogens (primary N) is 1. The van der Waals surface area contributed by atoms with Crippen molar-refractivity contribution in [3.05, 3.63) is 65.0 Å². The standard InChI is InChI=1S/C23H20F3N5O3/c1-33-18-7-6-15(24)8-16(18)22(32)29-10-13-2-4-14(5-3-13)20-17(9-27)21(28)31(30-20)19-11-34-12-23(19,25)26/h2-8,19H,10-12,28H2,1H3,(H,29,32). The number of hydrogen-bond donors (Lipinski definition) is 2. The number of carbonyl (C=O) groups excluding carboxylic acids is 1. The van der Waals surface area contributed by atoms with Crippen LogP contribution in [0.4, 0.5) is 19.0 Å². The number of amides is 1. The fraction of sp³-hybridized carbons (Fsp3) is 0.261. The van der Waals surface area contributed by atoms with E-state index in [2.05, 4.69) is 10.4 Å². The molecule has 0 aliphatic carbocycles. The lowest BCUT2D eigenvalue weighted by atomic mass is 10.1. The molecule has 0 radical (unpaired) electrons. The summed E-state index contributed by atoms with van der Waals surface area (Å²) in [5.74, 6) is -4.16. The highest BCUT2D eigenvalue weighted by Gasteiger charge is 2.48. The van der Waals surface area contributed by atoms with Gasteiger partial charge in [-0.2, -0.15) is 10.4 Å². The van der Waals surface area contributed by atoms with E-state index >= 15 is 0 Å². The van der Waals surface area contributed by atoms with E-state index in [0.29, 0.717) is 11.1 Å². The SMILES string of the molecule is COc1ccc(F)cc1C(=O)NCc1ccc(-c2nn(C3COCC3(F)F)c(N)c2C#N)cc1. The summed E-state index contributed by atoms with van der Waals surface area (Å²) in [4.78, 5) is 12.4. The van der Waals surface area contributed by atoms with Crippen LogP contribution in [0.15, 0.2) is 42.5 Å². The number of nitrogens with zero attached hydrogens (tertiary/aromatic N) is 3. The minimum Gasteiger partial charge on any atom is -0.496 e. The fourth-order valence-electron chi connectivity index (χ4n) is 3.69. The lowest BCUT2D eigenvalue weighted by Gasteiger charge is -2.18. The van der Waals surface area contributed by atoms with Crippen LogP contribution in [-0.2, 0) is 11.3 Å². The van der Waals surface area contributed by atoms with E-state index in [1.807, 2.05) is 6.07 Å². The van der Waals surface area contributed by atoms with Crippen LogP contribution in [0.25, 0.3) is 11.3 Å². The molecule has 1 atom stereocenters. The van der Waals surface area contributed by atoms with Gasteiger partial charge in [0.05, 0.1) is 19.3 Å². The molecule has 34 heavy (non-hydrogen) atoms. The first kappa shape index (κ1) is 23.1. The zero-order chi connectivity index (χ0) is 24.5. The normalized spacial score (nSPS) is 16.7. The average molecular weight is 471 g/mol. The Hall–Kier alpha value is -4.04. The number of nitriles is 1. The van der Waals surface area contributed by atoms with Gasteiger partial charge in [0.15, 0.2) is 0 Å². The molecule has 1 fully saturated rings. The highest BCUT2D eigenvalue weighted by Crippen LogP contribution is 2.38. The van der Waals surface area contributed by atoms with Gasteiger partial charge in [0.2, 0.25) is 0 Å². The topological polar surface area (TPSA) is 115 Å². The number of benzene rings is 2. The van der Waals surface area contributed by atoms with Gasteiger partial charge in [-0.1, -0.05) is 24.3 Å². The van der Waals surface area contributed by atoms with E-state index in [-0.39, 0.29) is 41.5 Å². The Morgan fingerprint density at radius 2 is 2.09 bits per heavy atom. The van der Waals surface area contributed by atoms with Crippen molar-refractivity contribution in [3.63, 3.8) is 0 Å². The van der Waals surface area contributed by atoms with Crippen LogP contribution in [-0.4, -0.2) is 41.9 Å². The number of hydrogen-bond acceptors (Lipinski definition) is 6. The van der Waals surface area contributed by atoms with Gasteiger partial charge in [0.1, 0.15) is 47.4 Å². The van der Waals surface area contributed by atoms with E-state index in [0.717, 1.165) is 10.7 Å². The molecule has 0 spiro atoms. The van der Waals surface area contributed by atoms with Gasteiger partial charge in [0, 0.05) is 12.1 Å². The molecule has 2 heterocycles. The number of aromatic nitrogens is 2. The summed E-state index contributed by atoms with van der Waals surface area (Å²) in [5.41, 5.74) is 7.37. The van der Waals surface area contributed by atoms with Crippen molar-refractivity contribution < 1.29 is 27.4 Å². The molecule has 11 heteroatoms. The van der Waals surface area contributed by atoms with Crippen LogP contribution >= 0.6 is 0 Å². The molecule has 1 aliphatic rings. The first-order chi connectivity index (χ1) is 16.2. The minimum absolute atomic E-state index is 0.0121. The molecule has 1 unspecified atom stereocenters. The largest absolute Gasteiger partial charge is 0.496 e. The Bertz CT molecular complexity index is 1270. The number of rotatable bonds is 6. The lowest BCUT2D eigenvalue weighted by molar-refractivity contribution is -0.0344. The van der Waals surface area contributed by atoms with Gasteiger partial charge in [0.25, 0.3) is 11.8 Å². The zero-order valence-corrected chi connectivity index (χ0v) is 18.0. The second-order valence-corrected chi connectivity index (χ2v) is 7.68. The van der Waals surface area contributed by atoms with Crippen LogP contribution in [0.2, 0.25) is 0 Å². The molecule has 0 saturated carbocycles. The molecule has 1 saturated heterocycles. The molecule has 8 nitrogen and oxygen atoms in total. The first-order valence-electron chi connectivity index (χ1n) is 10.2. The highest BCUT2D eigenvalue weighted by atomic mass is 19.3. The number of carbonyl (C=O) groups is 1. The maximum absolute atomic E-state index is 14.1. The molecule has 1 amide bonds. The third-order valence-corrected chi connectivity index (χ3v) is 5.50. The predicted molar refractivity (Wildman–Crippen MR) is 116 cm³/mol. The summed E-state index contributed by atoms with van der Waals surface area (Å²) in [7, 11) is 1.38. The molecule has 1 aliphatic heterocycles. The summed E-state index contributed by atoms with van der Waals surface area (Å²) in [5, 5.41) is 16.4. The van der Waals surface area contributed by atoms with Crippen LogP contribution in [0.3, 0.4) is 0 Å². The second-order valence-electron chi connectivity index (χ2n) is 7.68. The number of methoxy groups -OCH3 is 1. The Morgan fingerprint density at radius 1 is 1.35 bits per heavy atom. The van der Waals surface area contributed by atoms with Gasteiger partial charge < -0.3 is 20.5 Å². The Kier molecular flexibility index (Phi) is 6.17. The Labute approximate surface area is 192 Å². The summed E-state index contributed by atoms with van der Waals surface area (Å²) in [6, 6.07) is 10.8. The van der Waals surface area contributed by atoms with E-state index in [1.165, 1.54) is 19.2 Å². The van der Waals surface area contributed by atoms with Crippen LogP contribution < -0.4 is 15.8 Å². The fourth-order valence-corrected chi connectivity index (χ4v) is 3.69. The van der Waals surface area contributed by atoms with Gasteiger partial charge >= 0.3 is 0 Å².